The molecule has 2 heterocycles. The van der Waals surface area contributed by atoms with Gasteiger partial charge < -0.3 is 14.6 Å². The topological polar surface area (TPSA) is 53.1 Å². The van der Waals surface area contributed by atoms with E-state index < -0.39 is 0 Å². The Kier molecular flexibility index (Phi) is 8.50. The van der Waals surface area contributed by atoms with Crippen LogP contribution in [0.5, 0.6) is 0 Å². The van der Waals surface area contributed by atoms with Gasteiger partial charge in [0.05, 0.1) is 0 Å². The van der Waals surface area contributed by atoms with Crippen molar-refractivity contribution in [3.63, 3.8) is 0 Å². The number of aliphatic imine (C=N–C) groups is 2. The van der Waals surface area contributed by atoms with Crippen LogP contribution >= 0.6 is 0 Å². The molecule has 9 aromatic rings. The van der Waals surface area contributed by atoms with Gasteiger partial charge in [0.2, 0.25) is 0 Å². The lowest BCUT2D eigenvalue weighted by molar-refractivity contribution is 0.668. The van der Waals surface area contributed by atoms with Gasteiger partial charge in [0.15, 0.2) is 5.84 Å². The minimum absolute atomic E-state index is 0.329. The van der Waals surface area contributed by atoms with Crippen LogP contribution < -0.4 is 10.2 Å². The molecular formula is C51H36N4O. The van der Waals surface area contributed by atoms with Gasteiger partial charge in [0, 0.05) is 45.0 Å². The largest absolute Gasteiger partial charge is 0.456 e. The predicted molar refractivity (Wildman–Crippen MR) is 231 cm³/mol. The summed E-state index contributed by atoms with van der Waals surface area (Å²) in [5, 5.41) is 5.70. The molecule has 0 spiro atoms. The van der Waals surface area contributed by atoms with Crippen molar-refractivity contribution in [3.05, 3.63) is 223 Å². The average molecular weight is 721 g/mol. The number of nitrogens with zero attached hydrogens (tertiary/aromatic N) is 3. The molecule has 8 aromatic carbocycles. The molecule has 0 radical (unpaired) electrons. The second-order valence-electron chi connectivity index (χ2n) is 13.9. The van der Waals surface area contributed by atoms with E-state index in [1.807, 2.05) is 48.5 Å². The molecule has 1 unspecified atom stereocenters. The number of benzene rings is 8. The number of hydrogen-bond donors (Lipinski definition) is 1. The van der Waals surface area contributed by atoms with Gasteiger partial charge in [-0.3, -0.25) is 0 Å². The van der Waals surface area contributed by atoms with Gasteiger partial charge in [-0.2, -0.15) is 0 Å². The molecule has 0 saturated heterocycles. The Hall–Kier alpha value is -7.50. The molecule has 0 bridgehead atoms. The fraction of sp³-hybridized carbons (Fsp3) is 0.0196. The number of amidine groups is 2. The maximum Gasteiger partial charge on any atom is 0.159 e. The molecule has 1 aliphatic rings. The van der Waals surface area contributed by atoms with E-state index in [9.17, 15) is 0 Å². The quantitative estimate of drug-likeness (QED) is 0.170. The molecule has 0 aliphatic carbocycles. The fourth-order valence-electron chi connectivity index (χ4n) is 7.62. The normalized spacial score (nSPS) is 13.9. The molecule has 0 amide bonds. The zero-order valence-corrected chi connectivity index (χ0v) is 30.5. The van der Waals surface area contributed by atoms with E-state index in [0.717, 1.165) is 78.2 Å². The van der Waals surface area contributed by atoms with Crippen LogP contribution in [0.25, 0.3) is 44.2 Å². The summed E-state index contributed by atoms with van der Waals surface area (Å²) in [6, 6.07) is 71.6. The van der Waals surface area contributed by atoms with Crippen molar-refractivity contribution in [1.82, 2.24) is 5.32 Å². The molecule has 0 fully saturated rings. The van der Waals surface area contributed by atoms with Crippen LogP contribution in [-0.4, -0.2) is 11.7 Å². The summed E-state index contributed by atoms with van der Waals surface area (Å²) < 4.78 is 6.69. The zero-order chi connectivity index (χ0) is 37.3. The number of furan rings is 1. The monoisotopic (exact) mass is 720 g/mol. The zero-order valence-electron chi connectivity index (χ0n) is 30.5. The molecule has 5 nitrogen and oxygen atoms in total. The van der Waals surface area contributed by atoms with Crippen LogP contribution in [0.4, 0.5) is 17.1 Å². The molecule has 5 heteroatoms. The molecule has 1 N–H and O–H groups in total. The van der Waals surface area contributed by atoms with Gasteiger partial charge in [-0.25, -0.2) is 9.98 Å². The van der Waals surface area contributed by atoms with Crippen LogP contribution in [0, 0.1) is 0 Å². The van der Waals surface area contributed by atoms with Gasteiger partial charge in [0.1, 0.15) is 23.2 Å². The molecule has 0 saturated carbocycles. The summed E-state index contributed by atoms with van der Waals surface area (Å²) in [6.07, 6.45) is -0.329. The van der Waals surface area contributed by atoms with Crippen LogP contribution in [0.2, 0.25) is 0 Å². The van der Waals surface area contributed by atoms with Crippen molar-refractivity contribution >= 4 is 50.7 Å². The predicted octanol–water partition coefficient (Wildman–Crippen LogP) is 12.9. The molecule has 266 valence electrons. The van der Waals surface area contributed by atoms with E-state index in [1.54, 1.807) is 0 Å². The summed E-state index contributed by atoms with van der Waals surface area (Å²) in [5.41, 5.74) is 12.3. The van der Waals surface area contributed by atoms with Crippen molar-refractivity contribution in [2.45, 2.75) is 6.17 Å². The van der Waals surface area contributed by atoms with E-state index >= 15 is 0 Å². The SMILES string of the molecule is c1ccc(-c2cccc(C3=NC(c4ccccc4)NC(c4cccc5oc6cc(N(c7ccccc7)c7cccc(-c8ccccc8)c7)ccc6c45)=N3)c2)cc1. The smallest absolute Gasteiger partial charge is 0.159 e. The third-order valence-electron chi connectivity index (χ3n) is 10.3. The van der Waals surface area contributed by atoms with E-state index in [1.165, 1.54) is 5.56 Å². The first kappa shape index (κ1) is 33.1. The molecule has 56 heavy (non-hydrogen) atoms. The minimum atomic E-state index is -0.329. The van der Waals surface area contributed by atoms with Crippen molar-refractivity contribution in [3.8, 4) is 22.3 Å². The Labute approximate surface area is 325 Å². The van der Waals surface area contributed by atoms with Crippen LogP contribution in [0.15, 0.2) is 221 Å². The minimum Gasteiger partial charge on any atom is -0.456 e. The first-order valence-corrected chi connectivity index (χ1v) is 18.9. The molecule has 1 aliphatic heterocycles. The van der Waals surface area contributed by atoms with Gasteiger partial charge in [-0.15, -0.1) is 0 Å². The summed E-state index contributed by atoms with van der Waals surface area (Å²) in [6.45, 7) is 0. The first-order valence-electron chi connectivity index (χ1n) is 18.9. The number of nitrogens with one attached hydrogen (secondary N) is 1. The lowest BCUT2D eigenvalue weighted by Crippen LogP contribution is -2.33. The average Bonchev–Trinajstić information content (AvgIpc) is 3.66. The Morgan fingerprint density at radius 3 is 1.75 bits per heavy atom. The summed E-state index contributed by atoms with van der Waals surface area (Å²) in [5.74, 6) is 1.42. The summed E-state index contributed by atoms with van der Waals surface area (Å²) in [4.78, 5) is 12.7. The van der Waals surface area contributed by atoms with Crippen molar-refractivity contribution < 1.29 is 4.42 Å². The van der Waals surface area contributed by atoms with E-state index in [0.29, 0.717) is 5.84 Å². The van der Waals surface area contributed by atoms with Gasteiger partial charge >= 0.3 is 0 Å². The van der Waals surface area contributed by atoms with Crippen molar-refractivity contribution in [2.75, 3.05) is 4.90 Å². The van der Waals surface area contributed by atoms with Crippen molar-refractivity contribution in [2.24, 2.45) is 9.98 Å². The highest BCUT2D eigenvalue weighted by atomic mass is 16.3. The highest BCUT2D eigenvalue weighted by Gasteiger charge is 2.24. The second kappa shape index (κ2) is 14.4. The van der Waals surface area contributed by atoms with E-state index in [-0.39, 0.29) is 6.17 Å². The highest BCUT2D eigenvalue weighted by molar-refractivity contribution is 6.22. The Morgan fingerprint density at radius 1 is 0.446 bits per heavy atom. The third kappa shape index (κ3) is 6.31. The fourth-order valence-corrected chi connectivity index (χ4v) is 7.62. The Balaban J connectivity index is 1.09. The van der Waals surface area contributed by atoms with E-state index in [2.05, 4.69) is 168 Å². The van der Waals surface area contributed by atoms with Gasteiger partial charge in [-0.05, 0) is 76.3 Å². The van der Waals surface area contributed by atoms with E-state index in [4.69, 9.17) is 14.4 Å². The lowest BCUT2D eigenvalue weighted by Gasteiger charge is -2.26. The number of anilines is 3. The van der Waals surface area contributed by atoms with Crippen LogP contribution in [-0.2, 0) is 0 Å². The van der Waals surface area contributed by atoms with Gasteiger partial charge in [-0.1, -0.05) is 152 Å². The van der Waals surface area contributed by atoms with Crippen LogP contribution in [0.3, 0.4) is 0 Å². The summed E-state index contributed by atoms with van der Waals surface area (Å²) >= 11 is 0. The third-order valence-corrected chi connectivity index (χ3v) is 10.3. The van der Waals surface area contributed by atoms with Crippen LogP contribution in [0.1, 0.15) is 22.9 Å². The first-order chi connectivity index (χ1) is 27.7. The lowest BCUT2D eigenvalue weighted by atomic mass is 10.0. The summed E-state index contributed by atoms with van der Waals surface area (Å²) in [7, 11) is 0. The van der Waals surface area contributed by atoms with Gasteiger partial charge in [0.25, 0.3) is 0 Å². The highest BCUT2D eigenvalue weighted by Crippen LogP contribution is 2.40. The standard InChI is InChI=1S/C51H36N4O/c1-5-16-35(17-6-1)38-22-13-24-40(32-38)50-52-49(37-20-9-3-10-21-37)53-51(54-50)45-28-15-29-46-48(45)44-31-30-43(34-47(44)56-46)55(41-25-11-4-12-26-41)42-27-14-23-39(33-42)36-18-7-2-8-19-36/h1-34,49H,(H,52,53,54). The Bertz CT molecular complexity index is 2880. The second-order valence-corrected chi connectivity index (χ2v) is 13.9. The number of fused-ring (bicyclic) bond motifs is 3. The number of rotatable bonds is 8. The number of para-hydroxylation sites is 1. The Morgan fingerprint density at radius 2 is 1.02 bits per heavy atom. The number of hydrogen-bond acceptors (Lipinski definition) is 5. The molecule has 1 atom stereocenters. The maximum atomic E-state index is 6.69. The molecular weight excluding hydrogens is 685 g/mol. The molecule has 1 aromatic heterocycles. The van der Waals surface area contributed by atoms with Crippen molar-refractivity contribution in [1.29, 1.82) is 0 Å². The maximum absolute atomic E-state index is 6.69. The molecule has 10 rings (SSSR count).